The Labute approximate surface area is 162 Å². The zero-order chi connectivity index (χ0) is 19.4. The van der Waals surface area contributed by atoms with Crippen LogP contribution in [0.3, 0.4) is 0 Å². The molecule has 3 rings (SSSR count). The lowest BCUT2D eigenvalue weighted by molar-refractivity contribution is -0.113. The van der Waals surface area contributed by atoms with Gasteiger partial charge in [-0.25, -0.2) is 4.98 Å². The molecule has 0 radical (unpaired) electrons. The molecule has 5 nitrogen and oxygen atoms in total. The second kappa shape index (κ2) is 8.22. The van der Waals surface area contributed by atoms with Gasteiger partial charge in [-0.1, -0.05) is 42.1 Å². The number of carbonyl (C=O) groups excluding carboxylic acids is 1. The van der Waals surface area contributed by atoms with Gasteiger partial charge in [-0.2, -0.15) is 0 Å². The number of amides is 1. The van der Waals surface area contributed by atoms with Gasteiger partial charge in [-0.15, -0.1) is 6.58 Å². The van der Waals surface area contributed by atoms with Gasteiger partial charge in [-0.3, -0.25) is 14.2 Å². The molecule has 0 aliphatic carbocycles. The summed E-state index contributed by atoms with van der Waals surface area (Å²) in [7, 11) is 0. The normalized spacial score (nSPS) is 10.7. The van der Waals surface area contributed by atoms with Crippen LogP contribution in [0.2, 0.25) is 0 Å². The third kappa shape index (κ3) is 4.28. The van der Waals surface area contributed by atoms with Crippen molar-refractivity contribution >= 4 is 34.3 Å². The van der Waals surface area contributed by atoms with E-state index in [4.69, 9.17) is 0 Å². The molecule has 138 valence electrons. The molecule has 1 aromatic heterocycles. The number of fused-ring (bicyclic) bond motifs is 1. The standard InChI is InChI=1S/C21H21N3O2S/c1-4-11-24-20(26)16-7-5-6-8-17(16)23-21(24)27-13-19(25)22-18-12-14(2)9-10-15(18)3/h4-10,12H,1,11,13H2,2-3H3,(H,22,25). The summed E-state index contributed by atoms with van der Waals surface area (Å²) in [6.07, 6.45) is 1.65. The summed E-state index contributed by atoms with van der Waals surface area (Å²) in [6.45, 7) is 7.99. The topological polar surface area (TPSA) is 64.0 Å². The Balaban J connectivity index is 1.82. The molecule has 0 unspecified atom stereocenters. The minimum Gasteiger partial charge on any atom is -0.325 e. The molecule has 0 bridgehead atoms. The third-order valence-corrected chi connectivity index (χ3v) is 5.11. The molecule has 1 N–H and O–H groups in total. The van der Waals surface area contributed by atoms with Gasteiger partial charge in [0.05, 0.1) is 16.7 Å². The first-order chi connectivity index (χ1) is 13.0. The highest BCUT2D eigenvalue weighted by Crippen LogP contribution is 2.20. The SMILES string of the molecule is C=CCn1c(SCC(=O)Nc2cc(C)ccc2C)nc2ccccc2c1=O. The summed E-state index contributed by atoms with van der Waals surface area (Å²) in [5, 5.41) is 4.00. The summed E-state index contributed by atoms with van der Waals surface area (Å²) in [5.41, 5.74) is 3.39. The predicted octanol–water partition coefficient (Wildman–Crippen LogP) is 3.93. The van der Waals surface area contributed by atoms with E-state index in [1.54, 1.807) is 22.8 Å². The molecule has 0 fully saturated rings. The molecule has 3 aromatic rings. The van der Waals surface area contributed by atoms with E-state index in [1.165, 1.54) is 11.8 Å². The van der Waals surface area contributed by atoms with Crippen molar-refractivity contribution in [2.75, 3.05) is 11.1 Å². The van der Waals surface area contributed by atoms with Gasteiger partial charge in [0.15, 0.2) is 5.16 Å². The van der Waals surface area contributed by atoms with Crippen molar-refractivity contribution in [3.63, 3.8) is 0 Å². The molecular formula is C21H21N3O2S. The Morgan fingerprint density at radius 2 is 2.04 bits per heavy atom. The van der Waals surface area contributed by atoms with Crippen molar-refractivity contribution < 1.29 is 4.79 Å². The molecular weight excluding hydrogens is 358 g/mol. The molecule has 2 aromatic carbocycles. The summed E-state index contributed by atoms with van der Waals surface area (Å²) in [5.74, 6) is 0.0243. The number of hydrogen-bond acceptors (Lipinski definition) is 4. The molecule has 1 amide bonds. The zero-order valence-corrected chi connectivity index (χ0v) is 16.2. The van der Waals surface area contributed by atoms with Crippen molar-refractivity contribution in [1.29, 1.82) is 0 Å². The van der Waals surface area contributed by atoms with Gasteiger partial charge < -0.3 is 5.32 Å². The minimum absolute atomic E-state index is 0.127. The fourth-order valence-corrected chi connectivity index (χ4v) is 3.54. The van der Waals surface area contributed by atoms with Gasteiger partial charge in [0.25, 0.3) is 5.56 Å². The van der Waals surface area contributed by atoms with Crippen LogP contribution in [-0.4, -0.2) is 21.2 Å². The Morgan fingerprint density at radius 3 is 2.81 bits per heavy atom. The van der Waals surface area contributed by atoms with E-state index in [0.717, 1.165) is 16.8 Å². The first-order valence-electron chi connectivity index (χ1n) is 8.60. The second-order valence-electron chi connectivity index (χ2n) is 6.27. The summed E-state index contributed by atoms with van der Waals surface area (Å²) in [4.78, 5) is 29.7. The Hall–Kier alpha value is -2.86. The number of anilines is 1. The minimum atomic E-state index is -0.138. The molecule has 0 aliphatic rings. The number of aryl methyl sites for hydroxylation is 2. The number of thioether (sulfide) groups is 1. The number of benzene rings is 2. The van der Waals surface area contributed by atoms with E-state index in [-0.39, 0.29) is 17.2 Å². The predicted molar refractivity (Wildman–Crippen MR) is 111 cm³/mol. The van der Waals surface area contributed by atoms with Crippen LogP contribution in [0.4, 0.5) is 5.69 Å². The third-order valence-electron chi connectivity index (χ3n) is 4.14. The van der Waals surface area contributed by atoms with Crippen LogP contribution in [0.25, 0.3) is 10.9 Å². The van der Waals surface area contributed by atoms with E-state index < -0.39 is 0 Å². The van der Waals surface area contributed by atoms with Crippen LogP contribution in [0.5, 0.6) is 0 Å². The molecule has 6 heteroatoms. The maximum atomic E-state index is 12.7. The van der Waals surface area contributed by atoms with Gasteiger partial charge in [0.2, 0.25) is 5.91 Å². The van der Waals surface area contributed by atoms with Crippen molar-refractivity contribution in [1.82, 2.24) is 9.55 Å². The van der Waals surface area contributed by atoms with E-state index in [2.05, 4.69) is 16.9 Å². The van der Waals surface area contributed by atoms with Crippen molar-refractivity contribution in [2.45, 2.75) is 25.5 Å². The largest absolute Gasteiger partial charge is 0.325 e. The Bertz CT molecular complexity index is 1070. The number of nitrogens with one attached hydrogen (secondary N) is 1. The van der Waals surface area contributed by atoms with Gasteiger partial charge in [0.1, 0.15) is 0 Å². The van der Waals surface area contributed by atoms with E-state index in [9.17, 15) is 9.59 Å². The van der Waals surface area contributed by atoms with Crippen molar-refractivity contribution in [2.24, 2.45) is 0 Å². The second-order valence-corrected chi connectivity index (χ2v) is 7.21. The lowest BCUT2D eigenvalue weighted by Gasteiger charge is -2.12. The lowest BCUT2D eigenvalue weighted by Crippen LogP contribution is -2.23. The number of aromatic nitrogens is 2. The number of carbonyl (C=O) groups is 1. The first kappa shape index (κ1) is 18.9. The van der Waals surface area contributed by atoms with E-state index in [1.807, 2.05) is 44.2 Å². The van der Waals surface area contributed by atoms with E-state index in [0.29, 0.717) is 22.6 Å². The van der Waals surface area contributed by atoms with Crippen LogP contribution in [0.15, 0.2) is 65.1 Å². The van der Waals surface area contributed by atoms with Crippen LogP contribution in [0.1, 0.15) is 11.1 Å². The summed E-state index contributed by atoms with van der Waals surface area (Å²) >= 11 is 1.25. The maximum absolute atomic E-state index is 12.7. The Morgan fingerprint density at radius 1 is 1.26 bits per heavy atom. The van der Waals surface area contributed by atoms with Gasteiger partial charge >= 0.3 is 0 Å². The fraction of sp³-hybridized carbons (Fsp3) is 0.190. The quantitative estimate of drug-likeness (QED) is 0.400. The number of hydrogen-bond donors (Lipinski definition) is 1. The van der Waals surface area contributed by atoms with Crippen molar-refractivity contribution in [3.05, 3.63) is 76.6 Å². The molecule has 0 saturated carbocycles. The monoisotopic (exact) mass is 379 g/mol. The maximum Gasteiger partial charge on any atom is 0.262 e. The van der Waals surface area contributed by atoms with Crippen molar-refractivity contribution in [3.8, 4) is 0 Å². The molecule has 0 atom stereocenters. The van der Waals surface area contributed by atoms with Crippen LogP contribution >= 0.6 is 11.8 Å². The van der Waals surface area contributed by atoms with Gasteiger partial charge in [0, 0.05) is 12.2 Å². The number of nitrogens with zero attached hydrogens (tertiary/aromatic N) is 2. The van der Waals surface area contributed by atoms with Crippen LogP contribution < -0.4 is 10.9 Å². The molecule has 0 aliphatic heterocycles. The van der Waals surface area contributed by atoms with Gasteiger partial charge in [-0.05, 0) is 43.2 Å². The number of para-hydroxylation sites is 1. The summed E-state index contributed by atoms with van der Waals surface area (Å²) < 4.78 is 1.55. The molecule has 27 heavy (non-hydrogen) atoms. The molecule has 1 heterocycles. The van der Waals surface area contributed by atoms with Crippen LogP contribution in [0, 0.1) is 13.8 Å². The fourth-order valence-electron chi connectivity index (χ4n) is 2.73. The smallest absolute Gasteiger partial charge is 0.262 e. The molecule has 0 saturated heterocycles. The highest BCUT2D eigenvalue weighted by atomic mass is 32.2. The average molecular weight is 379 g/mol. The zero-order valence-electron chi connectivity index (χ0n) is 15.4. The number of rotatable bonds is 6. The number of allylic oxidation sites excluding steroid dienone is 1. The molecule has 0 spiro atoms. The highest BCUT2D eigenvalue weighted by molar-refractivity contribution is 7.99. The van der Waals surface area contributed by atoms with E-state index >= 15 is 0 Å². The Kier molecular flexibility index (Phi) is 5.76. The summed E-state index contributed by atoms with van der Waals surface area (Å²) in [6, 6.07) is 13.1. The van der Waals surface area contributed by atoms with Crippen LogP contribution in [-0.2, 0) is 11.3 Å². The average Bonchev–Trinajstić information content (AvgIpc) is 2.66. The first-order valence-corrected chi connectivity index (χ1v) is 9.58. The highest BCUT2D eigenvalue weighted by Gasteiger charge is 2.13. The lowest BCUT2D eigenvalue weighted by atomic mass is 10.1.